The van der Waals surface area contributed by atoms with Gasteiger partial charge in [0.25, 0.3) is 0 Å². The van der Waals surface area contributed by atoms with Gasteiger partial charge in [0.2, 0.25) is 17.7 Å². The van der Waals surface area contributed by atoms with Crippen LogP contribution in [0.2, 0.25) is 0 Å². The molecule has 1 aromatic carbocycles. The highest BCUT2D eigenvalue weighted by atomic mass is 16.5. The molecule has 7 atom stereocenters. The molecule has 0 saturated carbocycles. The number of rotatable bonds is 10. The van der Waals surface area contributed by atoms with E-state index in [1.165, 1.54) is 0 Å². The van der Waals surface area contributed by atoms with Gasteiger partial charge in [0.1, 0.15) is 11.6 Å². The summed E-state index contributed by atoms with van der Waals surface area (Å²) in [4.78, 5) is 43.2. The van der Waals surface area contributed by atoms with E-state index in [-0.39, 0.29) is 36.3 Å². The number of hydrogen-bond acceptors (Lipinski definition) is 5. The van der Waals surface area contributed by atoms with Crippen LogP contribution in [0, 0.1) is 17.8 Å². The van der Waals surface area contributed by atoms with Gasteiger partial charge >= 0.3 is 0 Å². The molecular formula is C28H41N3O5. The smallest absolute Gasteiger partial charge is 0.246 e. The molecule has 3 aliphatic heterocycles. The molecule has 3 aliphatic rings. The van der Waals surface area contributed by atoms with Crippen LogP contribution in [0.15, 0.2) is 30.3 Å². The Hall–Kier alpha value is -2.45. The van der Waals surface area contributed by atoms with E-state index in [0.29, 0.717) is 24.9 Å². The van der Waals surface area contributed by atoms with Crippen molar-refractivity contribution in [1.82, 2.24) is 10.2 Å². The van der Waals surface area contributed by atoms with Crippen LogP contribution in [-0.4, -0.2) is 63.7 Å². The second-order valence-corrected chi connectivity index (χ2v) is 11.5. The summed E-state index contributed by atoms with van der Waals surface area (Å²) in [6, 6.07) is 7.70. The summed E-state index contributed by atoms with van der Waals surface area (Å²) < 4.78 is 6.65. The van der Waals surface area contributed by atoms with E-state index >= 15 is 0 Å². The van der Waals surface area contributed by atoms with Crippen molar-refractivity contribution in [3.63, 3.8) is 0 Å². The summed E-state index contributed by atoms with van der Waals surface area (Å²) in [6.45, 7) is 9.71. The summed E-state index contributed by atoms with van der Waals surface area (Å²) in [6.07, 6.45) is 3.40. The van der Waals surface area contributed by atoms with Crippen molar-refractivity contribution >= 4 is 23.4 Å². The topological polar surface area (TPSA) is 108 Å². The van der Waals surface area contributed by atoms with Crippen LogP contribution >= 0.6 is 0 Å². The van der Waals surface area contributed by atoms with Crippen molar-refractivity contribution in [2.75, 3.05) is 11.9 Å². The van der Waals surface area contributed by atoms with Gasteiger partial charge in [0.15, 0.2) is 0 Å². The second-order valence-electron chi connectivity index (χ2n) is 11.5. The zero-order chi connectivity index (χ0) is 26.3. The molecular weight excluding hydrogens is 458 g/mol. The Morgan fingerprint density at radius 2 is 1.86 bits per heavy atom. The molecule has 0 aromatic heterocycles. The molecule has 1 spiro atoms. The fraction of sp³-hybridized carbons (Fsp3) is 0.679. The number of carbonyl (C=O) groups excluding carboxylic acids is 3. The number of benzene rings is 1. The van der Waals surface area contributed by atoms with Crippen molar-refractivity contribution in [2.45, 2.75) is 96.1 Å². The number of anilines is 1. The van der Waals surface area contributed by atoms with Crippen LogP contribution in [0.5, 0.6) is 0 Å². The number of aliphatic hydroxyl groups excluding tert-OH is 1. The third kappa shape index (κ3) is 4.43. The number of nitrogens with zero attached hydrogens (tertiary/aromatic N) is 1. The lowest BCUT2D eigenvalue weighted by atomic mass is 9.66. The molecule has 0 aliphatic carbocycles. The van der Waals surface area contributed by atoms with Gasteiger partial charge < -0.3 is 25.4 Å². The summed E-state index contributed by atoms with van der Waals surface area (Å²) in [5.74, 6) is -2.10. The van der Waals surface area contributed by atoms with Crippen LogP contribution in [0.4, 0.5) is 5.69 Å². The van der Waals surface area contributed by atoms with E-state index in [0.717, 1.165) is 12.8 Å². The summed E-state index contributed by atoms with van der Waals surface area (Å²) >= 11 is 0. The first-order chi connectivity index (χ1) is 17.1. The van der Waals surface area contributed by atoms with Gasteiger partial charge in [-0.3, -0.25) is 14.4 Å². The predicted molar refractivity (Wildman–Crippen MR) is 137 cm³/mol. The molecule has 36 heavy (non-hydrogen) atoms. The molecule has 3 heterocycles. The van der Waals surface area contributed by atoms with Gasteiger partial charge in [-0.2, -0.15) is 0 Å². The number of para-hydroxylation sites is 1. The van der Waals surface area contributed by atoms with E-state index < -0.39 is 35.1 Å². The van der Waals surface area contributed by atoms with Gasteiger partial charge in [-0.1, -0.05) is 45.4 Å². The molecule has 198 valence electrons. The second kappa shape index (κ2) is 10.1. The number of amides is 3. The number of fused-ring (bicyclic) bond motifs is 1. The van der Waals surface area contributed by atoms with E-state index in [1.807, 2.05) is 58.0 Å². The normalized spacial score (nSPS) is 32.5. The third-order valence-corrected chi connectivity index (χ3v) is 8.24. The SMILES string of the molecule is CCCC(C)NC(=O)C1N([C@@H](CO)CC(C)C)C(=O)[C@@H]2[C@@H](C(=O)Nc3ccccc3)[C@@]3(C)CCC12O3. The summed E-state index contributed by atoms with van der Waals surface area (Å²) in [5.41, 5.74) is -1.28. The lowest BCUT2D eigenvalue weighted by molar-refractivity contribution is -0.149. The Morgan fingerprint density at radius 3 is 2.47 bits per heavy atom. The largest absolute Gasteiger partial charge is 0.394 e. The Morgan fingerprint density at radius 1 is 1.17 bits per heavy atom. The van der Waals surface area contributed by atoms with Crippen LogP contribution in [0.25, 0.3) is 0 Å². The van der Waals surface area contributed by atoms with Crippen LogP contribution in [0.3, 0.4) is 0 Å². The zero-order valence-corrected chi connectivity index (χ0v) is 22.1. The lowest BCUT2D eigenvalue weighted by Crippen LogP contribution is -2.59. The lowest BCUT2D eigenvalue weighted by Gasteiger charge is -2.38. The maximum atomic E-state index is 14.2. The first-order valence-electron chi connectivity index (χ1n) is 13.4. The van der Waals surface area contributed by atoms with Crippen LogP contribution < -0.4 is 10.6 Å². The molecule has 3 saturated heterocycles. The van der Waals surface area contributed by atoms with Crippen molar-refractivity contribution in [2.24, 2.45) is 17.8 Å². The highest BCUT2D eigenvalue weighted by Gasteiger charge is 2.78. The fourth-order valence-corrected chi connectivity index (χ4v) is 6.85. The van der Waals surface area contributed by atoms with Crippen molar-refractivity contribution in [3.05, 3.63) is 30.3 Å². The molecule has 3 fully saturated rings. The highest BCUT2D eigenvalue weighted by molar-refractivity contribution is 6.02. The first-order valence-corrected chi connectivity index (χ1v) is 13.4. The fourth-order valence-electron chi connectivity index (χ4n) is 6.85. The van der Waals surface area contributed by atoms with Crippen LogP contribution in [-0.2, 0) is 19.1 Å². The zero-order valence-electron chi connectivity index (χ0n) is 22.1. The minimum Gasteiger partial charge on any atom is -0.394 e. The number of hydrogen-bond donors (Lipinski definition) is 3. The number of ether oxygens (including phenoxy) is 1. The predicted octanol–water partition coefficient (Wildman–Crippen LogP) is 3.10. The van der Waals surface area contributed by atoms with E-state index in [9.17, 15) is 19.5 Å². The maximum absolute atomic E-state index is 14.2. The van der Waals surface area contributed by atoms with E-state index in [1.54, 1.807) is 4.90 Å². The maximum Gasteiger partial charge on any atom is 0.246 e. The Labute approximate surface area is 214 Å². The van der Waals surface area contributed by atoms with Gasteiger partial charge in [-0.25, -0.2) is 0 Å². The Balaban J connectivity index is 1.73. The van der Waals surface area contributed by atoms with Crippen LogP contribution in [0.1, 0.15) is 66.7 Å². The van der Waals surface area contributed by atoms with Crippen molar-refractivity contribution in [1.29, 1.82) is 0 Å². The molecule has 3 amide bonds. The Bertz CT molecular complexity index is 985. The molecule has 8 nitrogen and oxygen atoms in total. The van der Waals surface area contributed by atoms with Crippen molar-refractivity contribution in [3.8, 4) is 0 Å². The monoisotopic (exact) mass is 499 g/mol. The summed E-state index contributed by atoms with van der Waals surface area (Å²) in [5, 5.41) is 16.4. The standard InChI is InChI=1S/C28H41N3O5/c1-6-10-18(4)29-25(34)23-28-14-13-27(5,36-28)21(24(33)30-19-11-8-7-9-12-19)22(28)26(35)31(23)20(16-32)15-17(2)3/h7-9,11-12,17-18,20-23,32H,6,10,13-16H2,1-5H3,(H,29,34)(H,30,33)/t18?,20-,21+,22+,23?,27-,28?/m1/s1. The number of aliphatic hydroxyl groups is 1. The van der Waals surface area contributed by atoms with E-state index in [2.05, 4.69) is 17.6 Å². The van der Waals surface area contributed by atoms with Gasteiger partial charge in [-0.15, -0.1) is 0 Å². The molecule has 3 unspecified atom stereocenters. The molecule has 1 aromatic rings. The first kappa shape index (κ1) is 26.6. The van der Waals surface area contributed by atoms with Gasteiger partial charge in [-0.05, 0) is 57.6 Å². The van der Waals surface area contributed by atoms with E-state index in [4.69, 9.17) is 4.74 Å². The van der Waals surface area contributed by atoms with Gasteiger partial charge in [0, 0.05) is 11.7 Å². The summed E-state index contributed by atoms with van der Waals surface area (Å²) in [7, 11) is 0. The van der Waals surface area contributed by atoms with Gasteiger partial charge in [0.05, 0.1) is 30.1 Å². The average Bonchev–Trinajstić information content (AvgIpc) is 3.39. The van der Waals surface area contributed by atoms with Crippen molar-refractivity contribution < 1.29 is 24.2 Å². The average molecular weight is 500 g/mol. The number of carbonyl (C=O) groups is 3. The highest BCUT2D eigenvalue weighted by Crippen LogP contribution is 2.63. The number of nitrogens with one attached hydrogen (secondary N) is 2. The quantitative estimate of drug-likeness (QED) is 0.459. The Kier molecular flexibility index (Phi) is 7.49. The molecule has 2 bridgehead atoms. The molecule has 8 heteroatoms. The molecule has 0 radical (unpaired) electrons. The third-order valence-electron chi connectivity index (χ3n) is 8.24. The molecule has 4 rings (SSSR count). The minimum absolute atomic E-state index is 0.0565. The minimum atomic E-state index is -1.09. The number of likely N-dealkylation sites (tertiary alicyclic amines) is 1. The molecule has 3 N–H and O–H groups in total.